The minimum atomic E-state index is -1.34. The molecule has 1 saturated heterocycles. The first-order chi connectivity index (χ1) is 13.9. The number of carboxylic acid groups (broad SMARTS) is 1. The molecule has 0 amide bonds. The Balaban J connectivity index is 1.77. The Hall–Kier alpha value is -2.97. The summed E-state index contributed by atoms with van der Waals surface area (Å²) in [6.45, 7) is 0.798. The molecular formula is C20H20FN3O5. The average Bonchev–Trinajstić information content (AvgIpc) is 3.60. The topological polar surface area (TPSA) is 101 Å². The summed E-state index contributed by atoms with van der Waals surface area (Å²) in [5, 5.41) is 12.6. The molecule has 8 nitrogen and oxygen atoms in total. The summed E-state index contributed by atoms with van der Waals surface area (Å²) < 4.78 is 22.6. The van der Waals surface area contributed by atoms with Crippen molar-refractivity contribution in [2.45, 2.75) is 37.8 Å². The van der Waals surface area contributed by atoms with Crippen molar-refractivity contribution >= 4 is 22.6 Å². The summed E-state index contributed by atoms with van der Waals surface area (Å²) in [4.78, 5) is 37.3. The van der Waals surface area contributed by atoms with Gasteiger partial charge >= 0.3 is 5.97 Å². The van der Waals surface area contributed by atoms with E-state index in [0.717, 1.165) is 31.7 Å². The van der Waals surface area contributed by atoms with Crippen LogP contribution in [0.4, 0.5) is 10.1 Å². The second-order valence-corrected chi connectivity index (χ2v) is 8.32. The van der Waals surface area contributed by atoms with Crippen LogP contribution in [0.5, 0.6) is 5.75 Å². The maximum atomic E-state index is 15.3. The molecule has 3 aliphatic rings. The van der Waals surface area contributed by atoms with Crippen LogP contribution in [-0.4, -0.2) is 41.9 Å². The highest BCUT2D eigenvalue weighted by molar-refractivity contribution is 5.97. The van der Waals surface area contributed by atoms with Crippen molar-refractivity contribution in [3.63, 3.8) is 0 Å². The number of nitroso groups, excluding NO2 is 1. The van der Waals surface area contributed by atoms with Crippen LogP contribution in [0, 0.1) is 16.1 Å². The van der Waals surface area contributed by atoms with Gasteiger partial charge in [0.2, 0.25) is 5.43 Å². The zero-order chi connectivity index (χ0) is 20.5. The molecule has 3 fully saturated rings. The number of aromatic nitrogens is 1. The quantitative estimate of drug-likeness (QED) is 0.773. The van der Waals surface area contributed by atoms with E-state index in [1.54, 1.807) is 9.47 Å². The summed E-state index contributed by atoms with van der Waals surface area (Å²) in [5.41, 5.74) is -0.719. The molecule has 1 spiro atoms. The van der Waals surface area contributed by atoms with Gasteiger partial charge in [0.1, 0.15) is 17.3 Å². The molecule has 29 heavy (non-hydrogen) atoms. The third-order valence-electron chi connectivity index (χ3n) is 6.51. The average molecular weight is 401 g/mol. The predicted octanol–water partition coefficient (Wildman–Crippen LogP) is 2.92. The highest BCUT2D eigenvalue weighted by atomic mass is 19.1. The lowest BCUT2D eigenvalue weighted by Gasteiger charge is -2.24. The normalized spacial score (nSPS) is 22.3. The minimum absolute atomic E-state index is 0.0136. The largest absolute Gasteiger partial charge is 0.492 e. The van der Waals surface area contributed by atoms with E-state index in [9.17, 15) is 19.6 Å². The van der Waals surface area contributed by atoms with E-state index in [0.29, 0.717) is 18.6 Å². The highest BCUT2D eigenvalue weighted by Crippen LogP contribution is 2.56. The van der Waals surface area contributed by atoms with E-state index in [4.69, 9.17) is 4.74 Å². The number of carboxylic acids is 1. The number of nitrogens with zero attached hydrogens (tertiary/aromatic N) is 3. The van der Waals surface area contributed by atoms with Crippen LogP contribution in [0.1, 0.15) is 42.1 Å². The fraction of sp³-hybridized carbons (Fsp3) is 0.500. The third kappa shape index (κ3) is 2.56. The first-order valence-corrected chi connectivity index (χ1v) is 9.66. The molecule has 1 aliphatic heterocycles. The van der Waals surface area contributed by atoms with Gasteiger partial charge < -0.3 is 19.3 Å². The number of pyridine rings is 1. The summed E-state index contributed by atoms with van der Waals surface area (Å²) in [5.74, 6) is -1.81. The lowest BCUT2D eigenvalue weighted by atomic mass is 10.0. The molecule has 9 heteroatoms. The number of rotatable bonds is 5. The van der Waals surface area contributed by atoms with Crippen molar-refractivity contribution in [3.8, 4) is 5.75 Å². The molecule has 5 rings (SSSR count). The van der Waals surface area contributed by atoms with Crippen molar-refractivity contribution in [3.05, 3.63) is 38.8 Å². The van der Waals surface area contributed by atoms with Gasteiger partial charge in [-0.25, -0.2) is 9.18 Å². The number of ether oxygens (including phenoxy) is 1. The Bertz CT molecular complexity index is 1120. The second-order valence-electron chi connectivity index (χ2n) is 8.32. The third-order valence-corrected chi connectivity index (χ3v) is 6.51. The van der Waals surface area contributed by atoms with Gasteiger partial charge in [-0.3, -0.25) is 4.79 Å². The van der Waals surface area contributed by atoms with E-state index in [1.165, 1.54) is 13.3 Å². The number of methoxy groups -OCH3 is 1. The predicted molar refractivity (Wildman–Crippen MR) is 103 cm³/mol. The highest BCUT2D eigenvalue weighted by Gasteiger charge is 2.57. The number of fused-ring (bicyclic) bond motifs is 1. The summed E-state index contributed by atoms with van der Waals surface area (Å²) >= 11 is 0. The molecule has 2 heterocycles. The first kappa shape index (κ1) is 18.1. The minimum Gasteiger partial charge on any atom is -0.492 e. The maximum absolute atomic E-state index is 15.3. The summed E-state index contributed by atoms with van der Waals surface area (Å²) in [6.07, 6.45) is 4.78. The fourth-order valence-corrected chi connectivity index (χ4v) is 4.64. The monoisotopic (exact) mass is 401 g/mol. The molecule has 0 bridgehead atoms. The van der Waals surface area contributed by atoms with Gasteiger partial charge in [0.05, 0.1) is 18.0 Å². The maximum Gasteiger partial charge on any atom is 0.341 e. The number of aromatic carboxylic acids is 1. The molecule has 152 valence electrons. The standard InChI is InChI=1S/C20H20FN3O5/c1-29-18-15-11(17(25)12(19(26)27)7-24(15)10-2-3-10)6-13(21)16(18)23-8-14(22-28)20(9-23)4-5-20/h6-7,10,14H,2-5,8-9H2,1H3,(H,26,27). The smallest absolute Gasteiger partial charge is 0.341 e. The Morgan fingerprint density at radius 2 is 2.10 bits per heavy atom. The molecule has 2 aliphatic carbocycles. The van der Waals surface area contributed by atoms with Crippen molar-refractivity contribution in [2.24, 2.45) is 10.6 Å². The van der Waals surface area contributed by atoms with Crippen LogP contribution in [0.3, 0.4) is 0 Å². The molecule has 0 radical (unpaired) electrons. The van der Waals surface area contributed by atoms with E-state index in [2.05, 4.69) is 5.18 Å². The zero-order valence-corrected chi connectivity index (χ0v) is 15.9. The van der Waals surface area contributed by atoms with Gasteiger partial charge in [-0.2, -0.15) is 4.91 Å². The van der Waals surface area contributed by atoms with Gasteiger partial charge in [0.15, 0.2) is 11.6 Å². The Morgan fingerprint density at radius 1 is 1.38 bits per heavy atom. The Labute approximate surface area is 164 Å². The molecule has 1 unspecified atom stereocenters. The first-order valence-electron chi connectivity index (χ1n) is 9.66. The number of hydrogen-bond donors (Lipinski definition) is 1. The van der Waals surface area contributed by atoms with Gasteiger partial charge in [-0.05, 0) is 31.7 Å². The van der Waals surface area contributed by atoms with Crippen molar-refractivity contribution in [1.29, 1.82) is 0 Å². The van der Waals surface area contributed by atoms with Gasteiger partial charge in [-0.15, -0.1) is 0 Å². The number of carbonyl (C=O) groups is 1. The van der Waals surface area contributed by atoms with E-state index < -0.39 is 23.3 Å². The van der Waals surface area contributed by atoms with Crippen LogP contribution in [-0.2, 0) is 0 Å². The van der Waals surface area contributed by atoms with Crippen LogP contribution in [0.15, 0.2) is 22.2 Å². The van der Waals surface area contributed by atoms with Crippen molar-refractivity contribution < 1.29 is 19.0 Å². The number of hydrogen-bond acceptors (Lipinski definition) is 6. The van der Waals surface area contributed by atoms with Crippen LogP contribution < -0.4 is 15.1 Å². The van der Waals surface area contributed by atoms with Crippen molar-refractivity contribution in [1.82, 2.24) is 4.57 Å². The van der Waals surface area contributed by atoms with E-state index >= 15 is 4.39 Å². The zero-order valence-electron chi connectivity index (χ0n) is 15.9. The van der Waals surface area contributed by atoms with Crippen LogP contribution >= 0.6 is 0 Å². The molecule has 1 atom stereocenters. The van der Waals surface area contributed by atoms with Crippen LogP contribution in [0.2, 0.25) is 0 Å². The molecule has 1 aromatic carbocycles. The molecular weight excluding hydrogens is 381 g/mol. The van der Waals surface area contributed by atoms with Gasteiger partial charge in [0, 0.05) is 30.7 Å². The summed E-state index contributed by atoms with van der Waals surface area (Å²) in [7, 11) is 1.41. The molecule has 2 aromatic rings. The molecule has 1 N–H and O–H groups in total. The molecule has 1 aromatic heterocycles. The fourth-order valence-electron chi connectivity index (χ4n) is 4.64. The van der Waals surface area contributed by atoms with E-state index in [1.807, 2.05) is 0 Å². The summed E-state index contributed by atoms with van der Waals surface area (Å²) in [6, 6.07) is 0.741. The SMILES string of the molecule is COc1c(N2CC(N=O)C3(CC3)C2)c(F)cc2c(=O)c(C(=O)O)cn(C3CC3)c12. The number of anilines is 1. The number of benzene rings is 1. The lowest BCUT2D eigenvalue weighted by Crippen LogP contribution is -2.24. The van der Waals surface area contributed by atoms with Gasteiger partial charge in [0.25, 0.3) is 0 Å². The number of halogens is 1. The second kappa shape index (κ2) is 6.01. The van der Waals surface area contributed by atoms with Gasteiger partial charge in [-0.1, -0.05) is 5.18 Å². The molecule has 2 saturated carbocycles. The Kier molecular flexibility index (Phi) is 3.75. The Morgan fingerprint density at radius 3 is 2.62 bits per heavy atom. The lowest BCUT2D eigenvalue weighted by molar-refractivity contribution is 0.0695. The van der Waals surface area contributed by atoms with E-state index in [-0.39, 0.29) is 33.8 Å². The van der Waals surface area contributed by atoms with Crippen LogP contribution in [0.25, 0.3) is 10.9 Å². The van der Waals surface area contributed by atoms with Crippen molar-refractivity contribution in [2.75, 3.05) is 25.1 Å².